The Labute approximate surface area is 142 Å². The van der Waals surface area contributed by atoms with Crippen LogP contribution in [0.2, 0.25) is 0 Å². The number of benzene rings is 2. The summed E-state index contributed by atoms with van der Waals surface area (Å²) in [7, 11) is 0. The first-order valence-electron chi connectivity index (χ1n) is 7.44. The molecular formula is C17H15BrN4O. The minimum atomic E-state index is 0.103. The Morgan fingerprint density at radius 2 is 1.96 bits per heavy atom. The highest BCUT2D eigenvalue weighted by atomic mass is 79.9. The molecule has 2 N–H and O–H groups in total. The SMILES string of the molecule is Brc1cccc(-c2noc(C3CNNC3c3ccccc3)n2)c1. The zero-order valence-corrected chi connectivity index (χ0v) is 13.8. The van der Waals surface area contributed by atoms with Crippen LogP contribution in [0, 0.1) is 0 Å². The summed E-state index contributed by atoms with van der Waals surface area (Å²) in [5.41, 5.74) is 8.62. The minimum absolute atomic E-state index is 0.103. The van der Waals surface area contributed by atoms with Crippen LogP contribution in [0.5, 0.6) is 0 Å². The highest BCUT2D eigenvalue weighted by Crippen LogP contribution is 2.33. The molecule has 0 amide bonds. The standard InChI is InChI=1S/C17H15BrN4O/c18-13-8-4-7-12(9-13)16-20-17(23-22-16)14-10-19-21-15(14)11-5-2-1-3-6-11/h1-9,14-15,19,21H,10H2. The van der Waals surface area contributed by atoms with Crippen molar-refractivity contribution in [2.75, 3.05) is 6.54 Å². The molecule has 116 valence electrons. The first-order chi connectivity index (χ1) is 11.3. The molecule has 0 saturated carbocycles. The van der Waals surface area contributed by atoms with Crippen LogP contribution in [0.25, 0.3) is 11.4 Å². The van der Waals surface area contributed by atoms with E-state index in [9.17, 15) is 0 Å². The van der Waals surface area contributed by atoms with Gasteiger partial charge in [0.25, 0.3) is 0 Å². The molecule has 23 heavy (non-hydrogen) atoms. The number of rotatable bonds is 3. The van der Waals surface area contributed by atoms with E-state index in [0.29, 0.717) is 11.7 Å². The molecule has 5 nitrogen and oxygen atoms in total. The van der Waals surface area contributed by atoms with Gasteiger partial charge in [-0.2, -0.15) is 4.98 Å². The Morgan fingerprint density at radius 3 is 2.78 bits per heavy atom. The molecule has 2 aromatic carbocycles. The Morgan fingerprint density at radius 1 is 1.09 bits per heavy atom. The van der Waals surface area contributed by atoms with E-state index in [4.69, 9.17) is 4.52 Å². The third kappa shape index (κ3) is 2.93. The minimum Gasteiger partial charge on any atom is -0.339 e. The summed E-state index contributed by atoms with van der Waals surface area (Å²) in [6.07, 6.45) is 0. The maximum atomic E-state index is 5.54. The smallest absolute Gasteiger partial charge is 0.233 e. The van der Waals surface area contributed by atoms with E-state index >= 15 is 0 Å². The van der Waals surface area contributed by atoms with Crippen LogP contribution in [0.1, 0.15) is 23.4 Å². The van der Waals surface area contributed by atoms with Crippen molar-refractivity contribution in [3.8, 4) is 11.4 Å². The van der Waals surface area contributed by atoms with Crippen molar-refractivity contribution in [2.24, 2.45) is 0 Å². The average Bonchev–Trinajstić information content (AvgIpc) is 3.25. The molecule has 1 aromatic heterocycles. The van der Waals surface area contributed by atoms with Gasteiger partial charge in [0.15, 0.2) is 0 Å². The molecule has 2 unspecified atom stereocenters. The van der Waals surface area contributed by atoms with Crippen molar-refractivity contribution < 1.29 is 4.52 Å². The second kappa shape index (κ2) is 6.23. The summed E-state index contributed by atoms with van der Waals surface area (Å²) < 4.78 is 6.53. The highest BCUT2D eigenvalue weighted by molar-refractivity contribution is 9.10. The lowest BCUT2D eigenvalue weighted by Gasteiger charge is -2.15. The van der Waals surface area contributed by atoms with Crippen molar-refractivity contribution in [1.29, 1.82) is 0 Å². The van der Waals surface area contributed by atoms with Gasteiger partial charge in [0.2, 0.25) is 11.7 Å². The lowest BCUT2D eigenvalue weighted by molar-refractivity contribution is 0.347. The van der Waals surface area contributed by atoms with E-state index < -0.39 is 0 Å². The number of hydrazine groups is 1. The van der Waals surface area contributed by atoms with Gasteiger partial charge < -0.3 is 4.52 Å². The van der Waals surface area contributed by atoms with Gasteiger partial charge in [0.1, 0.15) is 0 Å². The van der Waals surface area contributed by atoms with Crippen LogP contribution in [0.4, 0.5) is 0 Å². The van der Waals surface area contributed by atoms with Crippen LogP contribution in [-0.4, -0.2) is 16.7 Å². The molecule has 0 aliphatic carbocycles. The molecule has 1 aliphatic heterocycles. The quantitative estimate of drug-likeness (QED) is 0.739. The second-order valence-corrected chi connectivity index (χ2v) is 6.40. The third-order valence-electron chi connectivity index (χ3n) is 3.98. The molecule has 1 aliphatic rings. The molecule has 2 heterocycles. The van der Waals surface area contributed by atoms with E-state index in [0.717, 1.165) is 16.6 Å². The molecular weight excluding hydrogens is 356 g/mol. The number of hydrogen-bond acceptors (Lipinski definition) is 5. The van der Waals surface area contributed by atoms with Crippen LogP contribution in [0.15, 0.2) is 63.6 Å². The predicted molar refractivity (Wildman–Crippen MR) is 90.5 cm³/mol. The molecule has 0 radical (unpaired) electrons. The first-order valence-corrected chi connectivity index (χ1v) is 8.23. The number of nitrogens with zero attached hydrogens (tertiary/aromatic N) is 2. The fraction of sp³-hybridized carbons (Fsp3) is 0.176. The van der Waals surface area contributed by atoms with Gasteiger partial charge in [0, 0.05) is 16.6 Å². The molecule has 3 aromatic rings. The summed E-state index contributed by atoms with van der Waals surface area (Å²) in [6, 6.07) is 18.3. The van der Waals surface area contributed by atoms with Crippen LogP contribution >= 0.6 is 15.9 Å². The third-order valence-corrected chi connectivity index (χ3v) is 4.48. The monoisotopic (exact) mass is 370 g/mol. The fourth-order valence-electron chi connectivity index (χ4n) is 2.83. The number of aromatic nitrogens is 2. The van der Waals surface area contributed by atoms with E-state index in [2.05, 4.69) is 49.1 Å². The van der Waals surface area contributed by atoms with E-state index in [-0.39, 0.29) is 12.0 Å². The van der Waals surface area contributed by atoms with Gasteiger partial charge in [-0.3, -0.25) is 5.43 Å². The Kier molecular flexibility index (Phi) is 3.95. The molecule has 1 saturated heterocycles. The van der Waals surface area contributed by atoms with Crippen molar-refractivity contribution in [1.82, 2.24) is 21.0 Å². The summed E-state index contributed by atoms with van der Waals surface area (Å²) in [4.78, 5) is 4.60. The van der Waals surface area contributed by atoms with Gasteiger partial charge >= 0.3 is 0 Å². The van der Waals surface area contributed by atoms with Gasteiger partial charge in [-0.15, -0.1) is 0 Å². The van der Waals surface area contributed by atoms with Crippen LogP contribution in [-0.2, 0) is 0 Å². The van der Waals surface area contributed by atoms with Crippen molar-refractivity contribution in [3.05, 3.63) is 70.5 Å². The summed E-state index contributed by atoms with van der Waals surface area (Å²) in [5.74, 6) is 1.36. The van der Waals surface area contributed by atoms with Crippen LogP contribution < -0.4 is 10.9 Å². The Bertz CT molecular complexity index is 805. The number of hydrogen-bond donors (Lipinski definition) is 2. The fourth-order valence-corrected chi connectivity index (χ4v) is 3.23. The number of nitrogens with one attached hydrogen (secondary N) is 2. The highest BCUT2D eigenvalue weighted by Gasteiger charge is 2.33. The number of halogens is 1. The van der Waals surface area contributed by atoms with Gasteiger partial charge in [-0.05, 0) is 17.7 Å². The zero-order valence-electron chi connectivity index (χ0n) is 12.2. The molecule has 6 heteroatoms. The molecule has 0 bridgehead atoms. The average molecular weight is 371 g/mol. The first kappa shape index (κ1) is 14.6. The molecule has 0 spiro atoms. The van der Waals surface area contributed by atoms with Gasteiger partial charge in [0.05, 0.1) is 12.0 Å². The van der Waals surface area contributed by atoms with Gasteiger partial charge in [-0.1, -0.05) is 63.6 Å². The summed E-state index contributed by atoms with van der Waals surface area (Å²) in [5, 5.41) is 4.14. The Balaban J connectivity index is 1.63. The Hall–Kier alpha value is -2.02. The molecule has 4 rings (SSSR count). The predicted octanol–water partition coefficient (Wildman–Crippen LogP) is 3.43. The lowest BCUT2D eigenvalue weighted by Crippen LogP contribution is -2.24. The zero-order chi connectivity index (χ0) is 15.6. The summed E-state index contributed by atoms with van der Waals surface area (Å²) >= 11 is 3.47. The normalized spacial score (nSPS) is 20.7. The van der Waals surface area contributed by atoms with E-state index in [1.807, 2.05) is 42.5 Å². The van der Waals surface area contributed by atoms with Crippen molar-refractivity contribution >= 4 is 15.9 Å². The summed E-state index contributed by atoms with van der Waals surface area (Å²) in [6.45, 7) is 0.750. The van der Waals surface area contributed by atoms with Crippen LogP contribution in [0.3, 0.4) is 0 Å². The molecule has 2 atom stereocenters. The second-order valence-electron chi connectivity index (χ2n) is 5.49. The topological polar surface area (TPSA) is 63.0 Å². The van der Waals surface area contributed by atoms with E-state index in [1.165, 1.54) is 5.56 Å². The van der Waals surface area contributed by atoms with E-state index in [1.54, 1.807) is 0 Å². The van der Waals surface area contributed by atoms with Gasteiger partial charge in [-0.25, -0.2) is 5.43 Å². The molecule has 1 fully saturated rings. The van der Waals surface area contributed by atoms with Crippen molar-refractivity contribution in [3.63, 3.8) is 0 Å². The largest absolute Gasteiger partial charge is 0.339 e. The maximum Gasteiger partial charge on any atom is 0.233 e. The lowest BCUT2D eigenvalue weighted by atomic mass is 9.95. The maximum absolute atomic E-state index is 5.54. The van der Waals surface area contributed by atoms with Crippen molar-refractivity contribution in [2.45, 2.75) is 12.0 Å².